The number of carbonyl (C=O) groups is 1. The van der Waals surface area contributed by atoms with E-state index in [9.17, 15) is 9.00 Å². The van der Waals surface area contributed by atoms with Gasteiger partial charge in [-0.15, -0.1) is 0 Å². The monoisotopic (exact) mass is 239 g/mol. The van der Waals surface area contributed by atoms with Crippen molar-refractivity contribution in [2.45, 2.75) is 37.3 Å². The van der Waals surface area contributed by atoms with E-state index in [1.165, 1.54) is 6.92 Å². The number of amides is 1. The van der Waals surface area contributed by atoms with Gasteiger partial charge in [0.05, 0.1) is 10.8 Å². The van der Waals surface area contributed by atoms with Gasteiger partial charge in [0.25, 0.3) is 0 Å². The third-order valence-corrected chi connectivity index (χ3v) is 3.72. The van der Waals surface area contributed by atoms with E-state index in [4.69, 9.17) is 0 Å². The van der Waals surface area contributed by atoms with Gasteiger partial charge in [0, 0.05) is 22.3 Å². The highest BCUT2D eigenvalue weighted by Crippen LogP contribution is 2.22. The van der Waals surface area contributed by atoms with Gasteiger partial charge in [-0.3, -0.25) is 9.00 Å². The summed E-state index contributed by atoms with van der Waals surface area (Å²) in [5.74, 6) is -0.126. The van der Waals surface area contributed by atoms with Crippen LogP contribution in [0.15, 0.2) is 29.2 Å². The molecular formula is C12H17NO2S. The average Bonchev–Trinajstić information content (AvgIpc) is 2.14. The Morgan fingerprint density at radius 1 is 1.31 bits per heavy atom. The quantitative estimate of drug-likeness (QED) is 0.862. The second-order valence-corrected chi connectivity index (χ2v) is 6.82. The molecule has 0 fully saturated rings. The fourth-order valence-corrected chi connectivity index (χ4v) is 2.39. The SMILES string of the molecule is CC(=O)Nc1cccc(S(=O)C(C)(C)C)c1. The maximum absolute atomic E-state index is 12.1. The second kappa shape index (κ2) is 4.78. The summed E-state index contributed by atoms with van der Waals surface area (Å²) in [6.07, 6.45) is 0. The van der Waals surface area contributed by atoms with Crippen LogP contribution in [0.2, 0.25) is 0 Å². The van der Waals surface area contributed by atoms with Crippen molar-refractivity contribution in [2.24, 2.45) is 0 Å². The molecule has 1 N–H and O–H groups in total. The van der Waals surface area contributed by atoms with E-state index < -0.39 is 10.8 Å². The Morgan fingerprint density at radius 3 is 2.44 bits per heavy atom. The highest BCUT2D eigenvalue weighted by molar-refractivity contribution is 7.86. The largest absolute Gasteiger partial charge is 0.326 e. The first-order valence-corrected chi connectivity index (χ1v) is 6.25. The second-order valence-electron chi connectivity index (χ2n) is 4.59. The predicted molar refractivity (Wildman–Crippen MR) is 66.9 cm³/mol. The molecule has 4 heteroatoms. The Hall–Kier alpha value is -1.16. The van der Waals surface area contributed by atoms with Crippen LogP contribution in [0.3, 0.4) is 0 Å². The summed E-state index contributed by atoms with van der Waals surface area (Å²) >= 11 is 0. The van der Waals surface area contributed by atoms with Crippen LogP contribution < -0.4 is 5.32 Å². The Labute approximate surface area is 98.7 Å². The van der Waals surface area contributed by atoms with E-state index in [2.05, 4.69) is 5.32 Å². The third-order valence-electron chi connectivity index (χ3n) is 1.92. The van der Waals surface area contributed by atoms with Crippen LogP contribution >= 0.6 is 0 Å². The molecule has 0 bridgehead atoms. The molecule has 0 radical (unpaired) electrons. The molecule has 3 nitrogen and oxygen atoms in total. The van der Waals surface area contributed by atoms with Gasteiger partial charge >= 0.3 is 0 Å². The van der Waals surface area contributed by atoms with Crippen molar-refractivity contribution in [1.29, 1.82) is 0 Å². The van der Waals surface area contributed by atoms with Gasteiger partial charge in [0.2, 0.25) is 5.91 Å². The summed E-state index contributed by atoms with van der Waals surface area (Å²) in [5, 5.41) is 2.68. The molecule has 1 unspecified atom stereocenters. The Bertz CT molecular complexity index is 421. The van der Waals surface area contributed by atoms with Crippen molar-refractivity contribution < 1.29 is 9.00 Å². The minimum atomic E-state index is -1.08. The Morgan fingerprint density at radius 2 is 1.94 bits per heavy atom. The highest BCUT2D eigenvalue weighted by atomic mass is 32.2. The van der Waals surface area contributed by atoms with Crippen molar-refractivity contribution in [3.05, 3.63) is 24.3 Å². The van der Waals surface area contributed by atoms with Crippen LogP contribution in [-0.4, -0.2) is 14.9 Å². The molecule has 0 aliphatic carbocycles. The lowest BCUT2D eigenvalue weighted by molar-refractivity contribution is -0.114. The van der Waals surface area contributed by atoms with Gasteiger partial charge in [-0.05, 0) is 39.0 Å². The lowest BCUT2D eigenvalue weighted by atomic mass is 10.3. The molecule has 1 rings (SSSR count). The molecule has 1 atom stereocenters. The molecule has 16 heavy (non-hydrogen) atoms. The highest BCUT2D eigenvalue weighted by Gasteiger charge is 2.21. The first-order valence-electron chi connectivity index (χ1n) is 5.10. The van der Waals surface area contributed by atoms with E-state index >= 15 is 0 Å². The topological polar surface area (TPSA) is 46.2 Å². The summed E-state index contributed by atoms with van der Waals surface area (Å²) < 4.78 is 11.8. The molecule has 0 aliphatic heterocycles. The third kappa shape index (κ3) is 3.45. The van der Waals surface area contributed by atoms with Crippen LogP contribution in [0.1, 0.15) is 27.7 Å². The molecule has 1 amide bonds. The summed E-state index contributed by atoms with van der Waals surface area (Å²) in [7, 11) is -1.08. The molecule has 88 valence electrons. The molecule has 0 saturated heterocycles. The number of benzene rings is 1. The van der Waals surface area contributed by atoms with Gasteiger partial charge in [-0.25, -0.2) is 0 Å². The fraction of sp³-hybridized carbons (Fsp3) is 0.417. The van der Waals surface area contributed by atoms with Crippen LogP contribution in [0.5, 0.6) is 0 Å². The number of rotatable bonds is 2. The molecular weight excluding hydrogens is 222 g/mol. The van der Waals surface area contributed by atoms with Gasteiger partial charge in [-0.2, -0.15) is 0 Å². The van der Waals surface area contributed by atoms with Gasteiger partial charge < -0.3 is 5.32 Å². The lowest BCUT2D eigenvalue weighted by Gasteiger charge is -2.18. The molecule has 0 heterocycles. The van der Waals surface area contributed by atoms with E-state index in [-0.39, 0.29) is 10.7 Å². The van der Waals surface area contributed by atoms with Crippen LogP contribution in [0.25, 0.3) is 0 Å². The van der Waals surface area contributed by atoms with E-state index in [0.29, 0.717) is 5.69 Å². The first-order chi connectivity index (χ1) is 7.30. The first kappa shape index (κ1) is 12.9. The van der Waals surface area contributed by atoms with Gasteiger partial charge in [-0.1, -0.05) is 6.07 Å². The number of carbonyl (C=O) groups excluding carboxylic acids is 1. The molecule has 1 aromatic carbocycles. The Balaban J connectivity index is 2.99. The van der Waals surface area contributed by atoms with E-state index in [1.54, 1.807) is 18.2 Å². The van der Waals surface area contributed by atoms with Crippen LogP contribution in [-0.2, 0) is 15.6 Å². The zero-order valence-electron chi connectivity index (χ0n) is 10.0. The molecule has 0 aliphatic rings. The standard InChI is InChI=1S/C12H17NO2S/c1-9(14)13-10-6-5-7-11(8-10)16(15)12(2,3)4/h5-8H,1-4H3,(H,13,14). The van der Waals surface area contributed by atoms with Crippen molar-refractivity contribution >= 4 is 22.4 Å². The van der Waals surface area contributed by atoms with Crippen molar-refractivity contribution in [2.75, 3.05) is 5.32 Å². The van der Waals surface area contributed by atoms with Crippen molar-refractivity contribution in [1.82, 2.24) is 0 Å². The average molecular weight is 239 g/mol. The number of hydrogen-bond acceptors (Lipinski definition) is 2. The number of hydrogen-bond donors (Lipinski definition) is 1. The lowest BCUT2D eigenvalue weighted by Crippen LogP contribution is -2.21. The molecule has 0 aromatic heterocycles. The molecule has 1 aromatic rings. The van der Waals surface area contributed by atoms with E-state index in [1.807, 2.05) is 26.8 Å². The fourth-order valence-electron chi connectivity index (χ4n) is 1.25. The zero-order valence-corrected chi connectivity index (χ0v) is 10.9. The maximum atomic E-state index is 12.1. The maximum Gasteiger partial charge on any atom is 0.221 e. The van der Waals surface area contributed by atoms with Crippen LogP contribution in [0.4, 0.5) is 5.69 Å². The number of anilines is 1. The summed E-state index contributed by atoms with van der Waals surface area (Å²) in [4.78, 5) is 11.6. The van der Waals surface area contributed by atoms with Gasteiger partial charge in [0.15, 0.2) is 0 Å². The number of nitrogens with one attached hydrogen (secondary N) is 1. The minimum Gasteiger partial charge on any atom is -0.326 e. The summed E-state index contributed by atoms with van der Waals surface area (Å²) in [5.41, 5.74) is 0.683. The minimum absolute atomic E-state index is 0.126. The summed E-state index contributed by atoms with van der Waals surface area (Å²) in [6.45, 7) is 7.23. The smallest absolute Gasteiger partial charge is 0.221 e. The van der Waals surface area contributed by atoms with Gasteiger partial charge in [0.1, 0.15) is 0 Å². The van der Waals surface area contributed by atoms with E-state index in [0.717, 1.165) is 4.90 Å². The summed E-state index contributed by atoms with van der Waals surface area (Å²) in [6, 6.07) is 7.14. The zero-order chi connectivity index (χ0) is 12.3. The van der Waals surface area contributed by atoms with Crippen molar-refractivity contribution in [3.8, 4) is 0 Å². The van der Waals surface area contributed by atoms with Crippen LogP contribution in [0, 0.1) is 0 Å². The predicted octanol–water partition coefficient (Wildman–Crippen LogP) is 2.55. The normalized spacial score (nSPS) is 13.2. The Kier molecular flexibility index (Phi) is 3.86. The van der Waals surface area contributed by atoms with Crippen molar-refractivity contribution in [3.63, 3.8) is 0 Å². The molecule has 0 saturated carbocycles. The molecule has 0 spiro atoms.